The van der Waals surface area contributed by atoms with Crippen LogP contribution in [0.2, 0.25) is 0 Å². The van der Waals surface area contributed by atoms with Gasteiger partial charge >= 0.3 is 0 Å². The largest absolute Gasteiger partial charge is 0.369 e. The van der Waals surface area contributed by atoms with Gasteiger partial charge in [-0.25, -0.2) is 9.97 Å². The molecule has 1 aliphatic heterocycles. The summed E-state index contributed by atoms with van der Waals surface area (Å²) in [7, 11) is 1.84. The molecule has 1 aromatic carbocycles. The summed E-state index contributed by atoms with van der Waals surface area (Å²) >= 11 is 0. The van der Waals surface area contributed by atoms with E-state index in [1.165, 1.54) is 24.8 Å². The molecule has 1 amide bonds. The van der Waals surface area contributed by atoms with Crippen LogP contribution in [0.15, 0.2) is 42.7 Å². The number of nitrogens with one attached hydrogen (secondary N) is 1. The highest BCUT2D eigenvalue weighted by molar-refractivity contribution is 5.82. The maximum Gasteiger partial charge on any atom is 0.241 e. The number of likely N-dealkylation sites (N-methyl/N-ethyl adjacent to an activating group) is 1. The average Bonchev–Trinajstić information content (AvgIpc) is 2.67. The van der Waals surface area contributed by atoms with Crippen molar-refractivity contribution in [2.75, 3.05) is 43.4 Å². The van der Waals surface area contributed by atoms with E-state index in [-0.39, 0.29) is 5.91 Å². The fourth-order valence-corrected chi connectivity index (χ4v) is 3.97. The summed E-state index contributed by atoms with van der Waals surface area (Å²) in [4.78, 5) is 24.5. The molecular formula is C21H27N5O. The van der Waals surface area contributed by atoms with Crippen LogP contribution in [0.3, 0.4) is 0 Å². The summed E-state index contributed by atoms with van der Waals surface area (Å²) in [5.41, 5.74) is 1.72. The molecule has 1 aliphatic carbocycles. The standard InChI is InChI=1S/C21H27N5O/c1-25-10-11-26(14-20(25)27)19-12-18(23-16-24-19)22-15-21(8-5-9-21)13-17-6-3-2-4-7-17/h2-4,6-7,12,16H,5,8-11,13-15H2,1H3,(H,22,23,24). The van der Waals surface area contributed by atoms with Gasteiger partial charge < -0.3 is 15.1 Å². The van der Waals surface area contributed by atoms with Crippen LogP contribution in [0.4, 0.5) is 11.6 Å². The molecule has 1 saturated carbocycles. The first kappa shape index (κ1) is 17.8. The van der Waals surface area contributed by atoms with Crippen LogP contribution in [-0.2, 0) is 11.2 Å². The fraction of sp³-hybridized carbons (Fsp3) is 0.476. The number of hydrogen-bond acceptors (Lipinski definition) is 5. The summed E-state index contributed by atoms with van der Waals surface area (Å²) in [5, 5.41) is 3.53. The number of anilines is 2. The third-order valence-corrected chi connectivity index (χ3v) is 5.91. The third-order valence-electron chi connectivity index (χ3n) is 5.91. The Labute approximate surface area is 160 Å². The second-order valence-corrected chi connectivity index (χ2v) is 7.87. The quantitative estimate of drug-likeness (QED) is 0.853. The highest BCUT2D eigenvalue weighted by Gasteiger charge is 2.36. The Morgan fingerprint density at radius 3 is 2.67 bits per heavy atom. The second kappa shape index (κ2) is 7.55. The lowest BCUT2D eigenvalue weighted by atomic mass is 9.65. The van der Waals surface area contributed by atoms with Gasteiger partial charge in [-0.3, -0.25) is 4.79 Å². The minimum Gasteiger partial charge on any atom is -0.369 e. The lowest BCUT2D eigenvalue weighted by molar-refractivity contribution is -0.129. The highest BCUT2D eigenvalue weighted by atomic mass is 16.2. The van der Waals surface area contributed by atoms with Gasteiger partial charge in [-0.15, -0.1) is 0 Å². The van der Waals surface area contributed by atoms with Gasteiger partial charge in [0.25, 0.3) is 0 Å². The summed E-state index contributed by atoms with van der Waals surface area (Å²) < 4.78 is 0. The number of nitrogens with zero attached hydrogens (tertiary/aromatic N) is 4. The Morgan fingerprint density at radius 1 is 1.15 bits per heavy atom. The minimum absolute atomic E-state index is 0.130. The van der Waals surface area contributed by atoms with Crippen LogP contribution >= 0.6 is 0 Å². The maximum absolute atomic E-state index is 12.0. The van der Waals surface area contributed by atoms with Crippen LogP contribution in [0, 0.1) is 5.41 Å². The van der Waals surface area contributed by atoms with E-state index in [2.05, 4.69) is 45.6 Å². The molecule has 2 aliphatic rings. The van der Waals surface area contributed by atoms with Crippen LogP contribution in [-0.4, -0.2) is 54.0 Å². The van der Waals surface area contributed by atoms with E-state index >= 15 is 0 Å². The molecule has 2 aromatic rings. The molecule has 2 fully saturated rings. The van der Waals surface area contributed by atoms with E-state index in [0.29, 0.717) is 12.0 Å². The number of piperazine rings is 1. The van der Waals surface area contributed by atoms with Crippen LogP contribution in [0.1, 0.15) is 24.8 Å². The molecule has 142 valence electrons. The predicted molar refractivity (Wildman–Crippen MR) is 107 cm³/mol. The Hall–Kier alpha value is -2.63. The van der Waals surface area contributed by atoms with Crippen molar-refractivity contribution in [3.63, 3.8) is 0 Å². The van der Waals surface area contributed by atoms with Gasteiger partial charge in [-0.05, 0) is 30.2 Å². The smallest absolute Gasteiger partial charge is 0.241 e. The van der Waals surface area contributed by atoms with E-state index in [1.807, 2.05) is 18.0 Å². The van der Waals surface area contributed by atoms with E-state index in [1.54, 1.807) is 11.2 Å². The van der Waals surface area contributed by atoms with Crippen molar-refractivity contribution >= 4 is 17.5 Å². The highest BCUT2D eigenvalue weighted by Crippen LogP contribution is 2.43. The summed E-state index contributed by atoms with van der Waals surface area (Å²) in [6.45, 7) is 2.83. The third kappa shape index (κ3) is 4.04. The topological polar surface area (TPSA) is 61.4 Å². The van der Waals surface area contributed by atoms with Crippen molar-refractivity contribution in [2.24, 2.45) is 5.41 Å². The first-order chi connectivity index (χ1) is 13.1. The molecule has 0 bridgehead atoms. The van der Waals surface area contributed by atoms with E-state index in [0.717, 1.165) is 37.7 Å². The number of hydrogen-bond donors (Lipinski definition) is 1. The SMILES string of the molecule is CN1CCN(c2cc(NCC3(Cc4ccccc4)CCC3)ncn2)CC1=O. The van der Waals surface area contributed by atoms with Gasteiger partial charge in [-0.1, -0.05) is 36.8 Å². The Bertz CT molecular complexity index is 790. The Kier molecular flexibility index (Phi) is 4.97. The van der Waals surface area contributed by atoms with E-state index in [4.69, 9.17) is 0 Å². The normalized spacial score (nSPS) is 18.9. The predicted octanol–water partition coefficient (Wildman–Crippen LogP) is 2.58. The molecule has 0 atom stereocenters. The van der Waals surface area contributed by atoms with Crippen LogP contribution in [0.25, 0.3) is 0 Å². The molecule has 0 radical (unpaired) electrons. The molecule has 2 heterocycles. The number of amides is 1. The molecule has 1 aromatic heterocycles. The molecule has 1 saturated heterocycles. The van der Waals surface area contributed by atoms with Crippen LogP contribution in [0.5, 0.6) is 0 Å². The average molecular weight is 365 g/mol. The van der Waals surface area contributed by atoms with Gasteiger partial charge in [0.15, 0.2) is 0 Å². The summed E-state index contributed by atoms with van der Waals surface area (Å²) in [5.74, 6) is 1.79. The maximum atomic E-state index is 12.0. The zero-order valence-electron chi connectivity index (χ0n) is 15.9. The molecule has 0 spiro atoms. The molecule has 6 nitrogen and oxygen atoms in total. The van der Waals surface area contributed by atoms with E-state index < -0.39 is 0 Å². The lowest BCUT2D eigenvalue weighted by Gasteiger charge is -2.42. The van der Waals surface area contributed by atoms with Crippen LogP contribution < -0.4 is 10.2 Å². The minimum atomic E-state index is 0.130. The zero-order chi connectivity index (χ0) is 18.7. The Balaban J connectivity index is 1.40. The zero-order valence-corrected chi connectivity index (χ0v) is 15.9. The van der Waals surface area contributed by atoms with Gasteiger partial charge in [0.1, 0.15) is 18.0 Å². The first-order valence-electron chi connectivity index (χ1n) is 9.72. The molecule has 27 heavy (non-hydrogen) atoms. The van der Waals surface area contributed by atoms with Crippen molar-refractivity contribution in [3.05, 3.63) is 48.3 Å². The summed E-state index contributed by atoms with van der Waals surface area (Å²) in [6, 6.07) is 12.7. The second-order valence-electron chi connectivity index (χ2n) is 7.87. The number of rotatable bonds is 6. The van der Waals surface area contributed by atoms with Gasteiger partial charge in [0, 0.05) is 32.7 Å². The number of aromatic nitrogens is 2. The fourth-order valence-electron chi connectivity index (χ4n) is 3.97. The Morgan fingerprint density at radius 2 is 1.96 bits per heavy atom. The van der Waals surface area contributed by atoms with Crippen molar-refractivity contribution in [2.45, 2.75) is 25.7 Å². The number of carbonyl (C=O) groups excluding carboxylic acids is 1. The molecule has 6 heteroatoms. The van der Waals surface area contributed by atoms with Gasteiger partial charge in [0.2, 0.25) is 5.91 Å². The van der Waals surface area contributed by atoms with E-state index in [9.17, 15) is 4.79 Å². The van der Waals surface area contributed by atoms with Crippen molar-refractivity contribution in [1.82, 2.24) is 14.9 Å². The molecule has 4 rings (SSSR count). The van der Waals surface area contributed by atoms with Crippen molar-refractivity contribution < 1.29 is 4.79 Å². The molecular weight excluding hydrogens is 338 g/mol. The summed E-state index contributed by atoms with van der Waals surface area (Å²) in [6.07, 6.45) is 6.49. The van der Waals surface area contributed by atoms with Gasteiger partial charge in [-0.2, -0.15) is 0 Å². The monoisotopic (exact) mass is 365 g/mol. The number of carbonyl (C=O) groups is 1. The first-order valence-corrected chi connectivity index (χ1v) is 9.72. The lowest BCUT2D eigenvalue weighted by Crippen LogP contribution is -2.48. The van der Waals surface area contributed by atoms with Crippen molar-refractivity contribution in [1.29, 1.82) is 0 Å². The number of benzene rings is 1. The van der Waals surface area contributed by atoms with Gasteiger partial charge in [0.05, 0.1) is 6.54 Å². The van der Waals surface area contributed by atoms with Crippen molar-refractivity contribution in [3.8, 4) is 0 Å². The molecule has 0 unspecified atom stereocenters. The molecule has 1 N–H and O–H groups in total.